The predicted molar refractivity (Wildman–Crippen MR) is 140 cm³/mol. The van der Waals surface area contributed by atoms with Crippen molar-refractivity contribution in [3.63, 3.8) is 0 Å². The van der Waals surface area contributed by atoms with Crippen molar-refractivity contribution >= 4 is 43.9 Å². The van der Waals surface area contributed by atoms with Crippen LogP contribution in [0.1, 0.15) is 11.1 Å². The van der Waals surface area contributed by atoms with Crippen molar-refractivity contribution in [1.82, 2.24) is 19.1 Å². The lowest BCUT2D eigenvalue weighted by Gasteiger charge is -2.12. The van der Waals surface area contributed by atoms with Crippen molar-refractivity contribution in [3.8, 4) is 11.4 Å². The number of hydrogen-bond acceptors (Lipinski definition) is 2. The van der Waals surface area contributed by atoms with E-state index in [2.05, 4.69) is 102 Å². The number of rotatable bonds is 2. The average Bonchev–Trinajstić information content (AvgIpc) is 3.37. The van der Waals surface area contributed by atoms with Crippen molar-refractivity contribution in [3.05, 3.63) is 108 Å². The van der Waals surface area contributed by atoms with Gasteiger partial charge in [-0.1, -0.05) is 42.5 Å². The minimum Gasteiger partial charge on any atom is -0.307 e. The molecular weight excluding hydrogens is 416 g/mol. The molecule has 4 nitrogen and oxygen atoms in total. The minimum absolute atomic E-state index is 0.918. The van der Waals surface area contributed by atoms with E-state index in [-0.39, 0.29) is 0 Å². The van der Waals surface area contributed by atoms with E-state index in [0.717, 1.165) is 44.3 Å². The highest BCUT2D eigenvalue weighted by molar-refractivity contribution is 6.21. The summed E-state index contributed by atoms with van der Waals surface area (Å²) in [6.07, 6.45) is 3.87. The summed E-state index contributed by atoms with van der Waals surface area (Å²) in [5.41, 5.74) is 11.0. The first kappa shape index (κ1) is 19.1. The second-order valence-electron chi connectivity index (χ2n) is 8.95. The van der Waals surface area contributed by atoms with E-state index < -0.39 is 0 Å². The highest BCUT2D eigenvalue weighted by atomic mass is 15.1. The summed E-state index contributed by atoms with van der Waals surface area (Å²) in [5, 5.41) is 2.34. The number of fused-ring (bicyclic) bond motifs is 7. The molecular formula is C30H22N4. The third-order valence-electron chi connectivity index (χ3n) is 6.68. The summed E-state index contributed by atoms with van der Waals surface area (Å²) in [6, 6.07) is 30.1. The van der Waals surface area contributed by atoms with E-state index >= 15 is 0 Å². The number of hydrogen-bond donors (Lipinski definition) is 0. The van der Waals surface area contributed by atoms with Gasteiger partial charge in [-0.15, -0.1) is 0 Å². The SMILES string of the molecule is Cc1cccc(-n2c3ccccc3c3cnc4c5ncccc5n(-c5cccc(C)c5)c4c32)c1. The zero-order valence-electron chi connectivity index (χ0n) is 19.0. The molecule has 0 unspecified atom stereocenters. The van der Waals surface area contributed by atoms with Crippen LogP contribution in [0.2, 0.25) is 0 Å². The molecule has 0 radical (unpaired) electrons. The maximum Gasteiger partial charge on any atom is 0.117 e. The highest BCUT2D eigenvalue weighted by Crippen LogP contribution is 2.39. The number of aryl methyl sites for hydroxylation is 2. The molecule has 0 aliphatic heterocycles. The normalized spacial score (nSPS) is 11.8. The van der Waals surface area contributed by atoms with Crippen LogP contribution in [0, 0.1) is 13.8 Å². The Bertz CT molecular complexity index is 1750. The van der Waals surface area contributed by atoms with Gasteiger partial charge in [-0.3, -0.25) is 9.97 Å². The molecule has 3 aromatic carbocycles. The van der Waals surface area contributed by atoms with Crippen molar-refractivity contribution in [2.24, 2.45) is 0 Å². The van der Waals surface area contributed by atoms with Crippen molar-refractivity contribution < 1.29 is 0 Å². The molecule has 4 heteroatoms. The molecule has 4 aromatic heterocycles. The zero-order valence-corrected chi connectivity index (χ0v) is 19.0. The second kappa shape index (κ2) is 7.03. The predicted octanol–water partition coefficient (Wildman–Crippen LogP) is 7.29. The Morgan fingerprint density at radius 2 is 1.24 bits per heavy atom. The molecule has 0 aliphatic carbocycles. The van der Waals surface area contributed by atoms with Gasteiger partial charge in [-0.25, -0.2) is 0 Å². The van der Waals surface area contributed by atoms with Crippen LogP contribution >= 0.6 is 0 Å². The first-order chi connectivity index (χ1) is 16.7. The van der Waals surface area contributed by atoms with Gasteiger partial charge in [0, 0.05) is 34.5 Å². The first-order valence-electron chi connectivity index (χ1n) is 11.5. The Hall–Kier alpha value is -4.44. The van der Waals surface area contributed by atoms with Gasteiger partial charge in [0.15, 0.2) is 0 Å². The van der Waals surface area contributed by atoms with Gasteiger partial charge in [0.1, 0.15) is 11.0 Å². The van der Waals surface area contributed by atoms with Crippen molar-refractivity contribution in [2.75, 3.05) is 0 Å². The second-order valence-corrected chi connectivity index (χ2v) is 8.95. The molecule has 7 rings (SSSR count). The molecule has 0 fully saturated rings. The number of nitrogens with zero attached hydrogens (tertiary/aromatic N) is 4. The van der Waals surface area contributed by atoms with Crippen LogP contribution in [0.3, 0.4) is 0 Å². The van der Waals surface area contributed by atoms with Crippen molar-refractivity contribution in [1.29, 1.82) is 0 Å². The maximum absolute atomic E-state index is 4.98. The van der Waals surface area contributed by atoms with Crippen LogP contribution in [0.25, 0.3) is 55.2 Å². The molecule has 7 aromatic rings. The third-order valence-corrected chi connectivity index (χ3v) is 6.68. The van der Waals surface area contributed by atoms with Crippen LogP contribution in [0.4, 0.5) is 0 Å². The monoisotopic (exact) mass is 438 g/mol. The summed E-state index contributed by atoms with van der Waals surface area (Å²) in [6.45, 7) is 4.27. The summed E-state index contributed by atoms with van der Waals surface area (Å²) in [7, 11) is 0. The van der Waals surface area contributed by atoms with Crippen LogP contribution < -0.4 is 0 Å². The maximum atomic E-state index is 4.98. The lowest BCUT2D eigenvalue weighted by molar-refractivity contribution is 1.14. The van der Waals surface area contributed by atoms with Crippen LogP contribution in [-0.2, 0) is 0 Å². The first-order valence-corrected chi connectivity index (χ1v) is 11.5. The van der Waals surface area contributed by atoms with E-state index in [1.807, 2.05) is 18.5 Å². The summed E-state index contributed by atoms with van der Waals surface area (Å²) in [5.74, 6) is 0. The fraction of sp³-hybridized carbons (Fsp3) is 0.0667. The summed E-state index contributed by atoms with van der Waals surface area (Å²) >= 11 is 0. The molecule has 0 amide bonds. The van der Waals surface area contributed by atoms with E-state index in [9.17, 15) is 0 Å². The van der Waals surface area contributed by atoms with Gasteiger partial charge in [-0.05, 0) is 67.4 Å². The molecule has 0 saturated heterocycles. The van der Waals surface area contributed by atoms with Gasteiger partial charge in [-0.2, -0.15) is 0 Å². The topological polar surface area (TPSA) is 35.6 Å². The Balaban J connectivity index is 1.79. The fourth-order valence-electron chi connectivity index (χ4n) is 5.27. The Morgan fingerprint density at radius 1 is 0.559 bits per heavy atom. The van der Waals surface area contributed by atoms with Gasteiger partial charge < -0.3 is 9.13 Å². The van der Waals surface area contributed by atoms with Crippen LogP contribution in [0.15, 0.2) is 97.3 Å². The van der Waals surface area contributed by atoms with E-state index in [1.54, 1.807) is 0 Å². The van der Waals surface area contributed by atoms with E-state index in [0.29, 0.717) is 0 Å². The van der Waals surface area contributed by atoms with E-state index in [4.69, 9.17) is 9.97 Å². The van der Waals surface area contributed by atoms with Gasteiger partial charge in [0.05, 0.1) is 22.1 Å². The molecule has 0 atom stereocenters. The molecule has 162 valence electrons. The Labute approximate surface area is 196 Å². The van der Waals surface area contributed by atoms with Crippen LogP contribution in [-0.4, -0.2) is 19.1 Å². The van der Waals surface area contributed by atoms with E-state index in [1.165, 1.54) is 22.0 Å². The molecule has 0 spiro atoms. The molecule has 4 heterocycles. The van der Waals surface area contributed by atoms with Gasteiger partial charge in [0.2, 0.25) is 0 Å². The quantitative estimate of drug-likeness (QED) is 0.284. The standard InChI is InChI=1S/C30H22N4/c1-19-8-5-10-21(16-19)33-25-13-4-3-12-23(25)24-18-32-28-27-26(14-7-15-31-27)34(30(28)29(24)33)22-11-6-9-20(2)17-22/h3-18H,1-2H3. The average molecular weight is 439 g/mol. The molecule has 0 N–H and O–H groups in total. The van der Waals surface area contributed by atoms with Gasteiger partial charge >= 0.3 is 0 Å². The summed E-state index contributed by atoms with van der Waals surface area (Å²) in [4.78, 5) is 9.75. The lowest BCUT2D eigenvalue weighted by Crippen LogP contribution is -1.99. The lowest BCUT2D eigenvalue weighted by atomic mass is 10.2. The van der Waals surface area contributed by atoms with Crippen molar-refractivity contribution in [2.45, 2.75) is 13.8 Å². The molecule has 0 saturated carbocycles. The molecule has 0 bridgehead atoms. The van der Waals surface area contributed by atoms with Crippen LogP contribution in [0.5, 0.6) is 0 Å². The smallest absolute Gasteiger partial charge is 0.117 e. The van der Waals surface area contributed by atoms with Gasteiger partial charge in [0.25, 0.3) is 0 Å². The Kier molecular flexibility index (Phi) is 3.94. The largest absolute Gasteiger partial charge is 0.307 e. The zero-order chi connectivity index (χ0) is 22.8. The minimum atomic E-state index is 0.918. The fourth-order valence-corrected chi connectivity index (χ4v) is 5.27. The number of pyridine rings is 2. The number of para-hydroxylation sites is 1. The highest BCUT2D eigenvalue weighted by Gasteiger charge is 2.22. The molecule has 0 aliphatic rings. The Morgan fingerprint density at radius 3 is 1.97 bits per heavy atom. The number of benzene rings is 3. The summed E-state index contributed by atoms with van der Waals surface area (Å²) < 4.78 is 4.71. The number of aromatic nitrogens is 4. The third kappa shape index (κ3) is 2.59. The molecule has 34 heavy (non-hydrogen) atoms.